The number of benzene rings is 1. The van der Waals surface area contributed by atoms with Crippen LogP contribution >= 0.6 is 23.2 Å². The summed E-state index contributed by atoms with van der Waals surface area (Å²) in [5.41, 5.74) is 1.10. The van der Waals surface area contributed by atoms with Crippen LogP contribution in [0.1, 0.15) is 37.8 Å². The van der Waals surface area contributed by atoms with Gasteiger partial charge in [-0.25, -0.2) is 0 Å². The SMILES string of the molecule is CC(c1cc(Cl)ccc1Cl)N(C)CC1CCCCN1. The quantitative estimate of drug-likeness (QED) is 0.899. The molecular formula is C15H22Cl2N2. The minimum Gasteiger partial charge on any atom is -0.313 e. The molecule has 1 saturated heterocycles. The number of hydrogen-bond acceptors (Lipinski definition) is 2. The molecule has 1 aromatic carbocycles. The standard InChI is InChI=1S/C15H22Cl2N2/c1-11(14-9-12(16)6-7-15(14)17)19(2)10-13-5-3-4-8-18-13/h6-7,9,11,13,18H,3-5,8,10H2,1-2H3. The van der Waals surface area contributed by atoms with Gasteiger partial charge in [-0.15, -0.1) is 0 Å². The topological polar surface area (TPSA) is 15.3 Å². The van der Waals surface area contributed by atoms with E-state index in [1.165, 1.54) is 19.3 Å². The maximum Gasteiger partial charge on any atom is 0.0454 e. The van der Waals surface area contributed by atoms with Crippen LogP contribution < -0.4 is 5.32 Å². The maximum absolute atomic E-state index is 6.28. The van der Waals surface area contributed by atoms with Gasteiger partial charge >= 0.3 is 0 Å². The molecule has 1 aromatic rings. The molecule has 2 atom stereocenters. The Hall–Kier alpha value is -0.280. The Morgan fingerprint density at radius 2 is 2.16 bits per heavy atom. The fourth-order valence-electron chi connectivity index (χ4n) is 2.66. The van der Waals surface area contributed by atoms with E-state index in [-0.39, 0.29) is 6.04 Å². The first-order valence-electron chi connectivity index (χ1n) is 6.96. The number of hydrogen-bond donors (Lipinski definition) is 1. The molecule has 106 valence electrons. The lowest BCUT2D eigenvalue weighted by Crippen LogP contribution is -2.43. The van der Waals surface area contributed by atoms with Crippen molar-refractivity contribution in [2.24, 2.45) is 0 Å². The molecule has 0 amide bonds. The van der Waals surface area contributed by atoms with Gasteiger partial charge in [0.25, 0.3) is 0 Å². The summed E-state index contributed by atoms with van der Waals surface area (Å²) >= 11 is 12.3. The van der Waals surface area contributed by atoms with Crippen LogP contribution in [0.2, 0.25) is 10.0 Å². The molecule has 0 spiro atoms. The first kappa shape index (κ1) is 15.1. The monoisotopic (exact) mass is 300 g/mol. The minimum absolute atomic E-state index is 0.273. The van der Waals surface area contributed by atoms with Gasteiger partial charge in [-0.3, -0.25) is 4.90 Å². The number of nitrogens with one attached hydrogen (secondary N) is 1. The predicted octanol–water partition coefficient (Wildman–Crippen LogP) is 4.13. The Bertz CT molecular complexity index is 417. The van der Waals surface area contributed by atoms with Crippen LogP contribution in [0.3, 0.4) is 0 Å². The van der Waals surface area contributed by atoms with Gasteiger partial charge in [0.15, 0.2) is 0 Å². The summed E-state index contributed by atoms with van der Waals surface area (Å²) in [6, 6.07) is 6.55. The zero-order valence-electron chi connectivity index (χ0n) is 11.6. The average molecular weight is 301 g/mol. The summed E-state index contributed by atoms with van der Waals surface area (Å²) in [6.45, 7) is 4.37. The Labute approximate surface area is 126 Å². The fourth-order valence-corrected chi connectivity index (χ4v) is 3.11. The molecule has 2 unspecified atom stereocenters. The highest BCUT2D eigenvalue weighted by Crippen LogP contribution is 2.29. The largest absolute Gasteiger partial charge is 0.313 e. The molecule has 1 N–H and O–H groups in total. The van der Waals surface area contributed by atoms with E-state index in [9.17, 15) is 0 Å². The normalized spacial score (nSPS) is 21.6. The van der Waals surface area contributed by atoms with E-state index in [1.54, 1.807) is 0 Å². The summed E-state index contributed by atoms with van der Waals surface area (Å²) in [5.74, 6) is 0. The molecular weight excluding hydrogens is 279 g/mol. The summed E-state index contributed by atoms with van der Waals surface area (Å²) in [7, 11) is 2.15. The van der Waals surface area contributed by atoms with Gasteiger partial charge in [0, 0.05) is 28.7 Å². The van der Waals surface area contributed by atoms with Crippen LogP contribution in [0, 0.1) is 0 Å². The summed E-state index contributed by atoms with van der Waals surface area (Å²) in [5, 5.41) is 5.12. The second kappa shape index (κ2) is 6.94. The van der Waals surface area contributed by atoms with Crippen LogP contribution in [-0.4, -0.2) is 31.1 Å². The summed E-state index contributed by atoms with van der Waals surface area (Å²) in [4.78, 5) is 2.35. The van der Waals surface area contributed by atoms with Gasteiger partial charge in [0.2, 0.25) is 0 Å². The molecule has 4 heteroatoms. The van der Waals surface area contributed by atoms with Crippen LogP contribution in [0.15, 0.2) is 18.2 Å². The minimum atomic E-state index is 0.273. The Morgan fingerprint density at radius 1 is 1.37 bits per heavy atom. The fraction of sp³-hybridized carbons (Fsp3) is 0.600. The van der Waals surface area contributed by atoms with Crippen molar-refractivity contribution in [3.8, 4) is 0 Å². The molecule has 1 aliphatic rings. The van der Waals surface area contributed by atoms with Gasteiger partial charge in [-0.1, -0.05) is 29.6 Å². The highest BCUT2D eigenvalue weighted by Gasteiger charge is 2.20. The van der Waals surface area contributed by atoms with Crippen molar-refractivity contribution in [2.45, 2.75) is 38.3 Å². The lowest BCUT2D eigenvalue weighted by atomic mass is 10.0. The number of rotatable bonds is 4. The molecule has 1 aliphatic heterocycles. The maximum atomic E-state index is 6.28. The van der Waals surface area contributed by atoms with Crippen molar-refractivity contribution in [3.63, 3.8) is 0 Å². The molecule has 0 aromatic heterocycles. The van der Waals surface area contributed by atoms with E-state index in [4.69, 9.17) is 23.2 Å². The number of halogens is 2. The second-order valence-electron chi connectivity index (χ2n) is 5.43. The van der Waals surface area contributed by atoms with Crippen molar-refractivity contribution >= 4 is 23.2 Å². The first-order valence-corrected chi connectivity index (χ1v) is 7.72. The molecule has 2 rings (SSSR count). The molecule has 0 bridgehead atoms. The van der Waals surface area contributed by atoms with Crippen LogP contribution in [0.4, 0.5) is 0 Å². The van der Waals surface area contributed by atoms with Gasteiger partial charge in [-0.2, -0.15) is 0 Å². The first-order chi connectivity index (χ1) is 9.08. The van der Waals surface area contributed by atoms with E-state index in [2.05, 4.69) is 24.2 Å². The van der Waals surface area contributed by atoms with Crippen molar-refractivity contribution < 1.29 is 0 Å². The lowest BCUT2D eigenvalue weighted by Gasteiger charge is -2.32. The molecule has 2 nitrogen and oxygen atoms in total. The van der Waals surface area contributed by atoms with Crippen molar-refractivity contribution in [3.05, 3.63) is 33.8 Å². The van der Waals surface area contributed by atoms with Gasteiger partial charge in [0.05, 0.1) is 0 Å². The number of likely N-dealkylation sites (N-methyl/N-ethyl adjacent to an activating group) is 1. The van der Waals surface area contributed by atoms with Crippen molar-refractivity contribution in [1.82, 2.24) is 10.2 Å². The Balaban J connectivity index is 2.01. The van der Waals surface area contributed by atoms with Crippen LogP contribution in [-0.2, 0) is 0 Å². The average Bonchev–Trinajstić information content (AvgIpc) is 2.42. The lowest BCUT2D eigenvalue weighted by molar-refractivity contribution is 0.215. The zero-order chi connectivity index (χ0) is 13.8. The number of nitrogens with zero attached hydrogens (tertiary/aromatic N) is 1. The van der Waals surface area contributed by atoms with Crippen LogP contribution in [0.25, 0.3) is 0 Å². The second-order valence-corrected chi connectivity index (χ2v) is 6.27. The smallest absolute Gasteiger partial charge is 0.0454 e. The van der Waals surface area contributed by atoms with Crippen molar-refractivity contribution in [1.29, 1.82) is 0 Å². The van der Waals surface area contributed by atoms with Gasteiger partial charge in [-0.05, 0) is 57.1 Å². The van der Waals surface area contributed by atoms with Gasteiger partial charge < -0.3 is 5.32 Å². The predicted molar refractivity (Wildman–Crippen MR) is 83.1 cm³/mol. The highest BCUT2D eigenvalue weighted by atomic mass is 35.5. The van der Waals surface area contributed by atoms with Crippen molar-refractivity contribution in [2.75, 3.05) is 20.1 Å². The Morgan fingerprint density at radius 3 is 2.84 bits per heavy atom. The third-order valence-electron chi connectivity index (χ3n) is 3.99. The van der Waals surface area contributed by atoms with Crippen LogP contribution in [0.5, 0.6) is 0 Å². The highest BCUT2D eigenvalue weighted by molar-refractivity contribution is 6.33. The molecule has 1 fully saturated rings. The molecule has 0 radical (unpaired) electrons. The third kappa shape index (κ3) is 4.09. The van der Waals surface area contributed by atoms with Gasteiger partial charge in [0.1, 0.15) is 0 Å². The van der Waals surface area contributed by atoms with E-state index >= 15 is 0 Å². The van der Waals surface area contributed by atoms with E-state index in [0.29, 0.717) is 6.04 Å². The van der Waals surface area contributed by atoms with E-state index < -0.39 is 0 Å². The van der Waals surface area contributed by atoms with E-state index in [1.807, 2.05) is 18.2 Å². The molecule has 0 saturated carbocycles. The zero-order valence-corrected chi connectivity index (χ0v) is 13.1. The molecule has 1 heterocycles. The number of piperidine rings is 1. The summed E-state index contributed by atoms with van der Waals surface area (Å²) in [6.07, 6.45) is 3.90. The molecule has 0 aliphatic carbocycles. The summed E-state index contributed by atoms with van der Waals surface area (Å²) < 4.78 is 0. The third-order valence-corrected chi connectivity index (χ3v) is 4.57. The van der Waals surface area contributed by atoms with E-state index in [0.717, 1.165) is 28.7 Å². The Kier molecular flexibility index (Phi) is 5.52. The molecule has 19 heavy (non-hydrogen) atoms.